The predicted octanol–water partition coefficient (Wildman–Crippen LogP) is -0.170. The summed E-state index contributed by atoms with van der Waals surface area (Å²) in [5.41, 5.74) is 0. The highest BCUT2D eigenvalue weighted by atomic mass is 32.2. The zero-order chi connectivity index (χ0) is 15.3. The van der Waals surface area contributed by atoms with Crippen LogP contribution in [0.2, 0.25) is 0 Å². The summed E-state index contributed by atoms with van der Waals surface area (Å²) < 4.78 is 39.4. The van der Waals surface area contributed by atoms with Crippen LogP contribution in [0.15, 0.2) is 29.2 Å². The number of sulfonamides is 1. The van der Waals surface area contributed by atoms with Crippen LogP contribution in [0.5, 0.6) is 0 Å². The predicted molar refractivity (Wildman–Crippen MR) is 75.6 cm³/mol. The number of carbonyl (C=O) groups excluding carboxylic acids is 1. The van der Waals surface area contributed by atoms with E-state index in [4.69, 9.17) is 0 Å². The van der Waals surface area contributed by atoms with E-state index in [9.17, 15) is 17.6 Å². The van der Waals surface area contributed by atoms with Gasteiger partial charge in [-0.2, -0.15) is 0 Å². The van der Waals surface area contributed by atoms with Gasteiger partial charge in [0.2, 0.25) is 15.9 Å². The second kappa shape index (κ2) is 6.97. The van der Waals surface area contributed by atoms with Gasteiger partial charge in [-0.1, -0.05) is 12.1 Å². The Morgan fingerprint density at radius 1 is 1.33 bits per heavy atom. The van der Waals surface area contributed by atoms with Crippen molar-refractivity contribution in [3.05, 3.63) is 30.1 Å². The third kappa shape index (κ3) is 4.48. The van der Waals surface area contributed by atoms with Crippen LogP contribution in [0.4, 0.5) is 4.39 Å². The van der Waals surface area contributed by atoms with Gasteiger partial charge in [0.05, 0.1) is 0 Å². The highest BCUT2D eigenvalue weighted by Crippen LogP contribution is 2.12. The van der Waals surface area contributed by atoms with E-state index < -0.39 is 20.7 Å². The Morgan fingerprint density at radius 3 is 2.67 bits per heavy atom. The molecule has 0 radical (unpaired) electrons. The highest BCUT2D eigenvalue weighted by molar-refractivity contribution is 7.89. The first-order valence-electron chi connectivity index (χ1n) is 6.70. The second-order valence-electron chi connectivity index (χ2n) is 4.91. The van der Waals surface area contributed by atoms with Gasteiger partial charge in [-0.3, -0.25) is 4.79 Å². The lowest BCUT2D eigenvalue weighted by Gasteiger charge is -2.27. The monoisotopic (exact) mass is 315 g/mol. The highest BCUT2D eigenvalue weighted by Gasteiger charge is 2.19. The Bertz CT molecular complexity index is 602. The Labute approximate surface area is 123 Å². The fraction of sp³-hybridized carbons (Fsp3) is 0.462. The molecule has 1 aromatic carbocycles. The summed E-state index contributed by atoms with van der Waals surface area (Å²) in [6.45, 7) is 2.30. The van der Waals surface area contributed by atoms with Gasteiger partial charge in [0.25, 0.3) is 0 Å². The lowest BCUT2D eigenvalue weighted by molar-refractivity contribution is -0.121. The smallest absolute Gasteiger partial charge is 0.243 e. The van der Waals surface area contributed by atoms with E-state index in [-0.39, 0.29) is 18.9 Å². The molecular formula is C13H18FN3O3S. The number of rotatable bonds is 7. The average molecular weight is 315 g/mol. The number of hydrogen-bond acceptors (Lipinski definition) is 4. The van der Waals surface area contributed by atoms with Crippen molar-refractivity contribution >= 4 is 15.9 Å². The summed E-state index contributed by atoms with van der Waals surface area (Å²) in [5, 5.41) is 5.83. The number of nitrogens with one attached hydrogen (secondary N) is 3. The molecule has 116 valence electrons. The Kier molecular flexibility index (Phi) is 5.27. The third-order valence-electron chi connectivity index (χ3n) is 3.22. The summed E-state index contributed by atoms with van der Waals surface area (Å²) in [7, 11) is -3.93. The summed E-state index contributed by atoms with van der Waals surface area (Å²) in [4.78, 5) is 11.1. The lowest BCUT2D eigenvalue weighted by atomic mass is 10.0. The van der Waals surface area contributed by atoms with Crippen LogP contribution in [0.25, 0.3) is 0 Å². The molecule has 1 fully saturated rings. The number of amides is 1. The van der Waals surface area contributed by atoms with Crippen molar-refractivity contribution in [3.63, 3.8) is 0 Å². The maximum atomic E-state index is 13.4. The zero-order valence-corrected chi connectivity index (χ0v) is 12.2. The van der Waals surface area contributed by atoms with Crippen LogP contribution in [0, 0.1) is 11.7 Å². The van der Waals surface area contributed by atoms with E-state index >= 15 is 0 Å². The molecule has 21 heavy (non-hydrogen) atoms. The van der Waals surface area contributed by atoms with E-state index in [1.807, 2.05) is 0 Å². The number of halogens is 1. The van der Waals surface area contributed by atoms with Gasteiger partial charge in [-0.15, -0.1) is 0 Å². The molecule has 2 rings (SSSR count). The summed E-state index contributed by atoms with van der Waals surface area (Å²) in [5.74, 6) is -0.589. The summed E-state index contributed by atoms with van der Waals surface area (Å²) in [6.07, 6.45) is 0.0217. The quantitative estimate of drug-likeness (QED) is 0.652. The van der Waals surface area contributed by atoms with Crippen LogP contribution in [0.1, 0.15) is 6.42 Å². The maximum Gasteiger partial charge on any atom is 0.243 e. The normalized spacial score (nSPS) is 15.5. The molecule has 1 aliphatic heterocycles. The molecule has 3 N–H and O–H groups in total. The first-order valence-corrected chi connectivity index (χ1v) is 8.19. The molecule has 1 aromatic rings. The average Bonchev–Trinajstić information content (AvgIpc) is 2.37. The molecule has 8 heteroatoms. The number of benzene rings is 1. The number of hydrogen-bond donors (Lipinski definition) is 3. The molecule has 0 atom stereocenters. The van der Waals surface area contributed by atoms with Gasteiger partial charge in [0, 0.05) is 38.5 Å². The van der Waals surface area contributed by atoms with Gasteiger partial charge < -0.3 is 10.6 Å². The van der Waals surface area contributed by atoms with E-state index in [1.165, 1.54) is 18.2 Å². The SMILES string of the molecule is O=C(CCNS(=O)(=O)c1ccccc1F)NCC1CNC1. The van der Waals surface area contributed by atoms with E-state index in [1.54, 1.807) is 0 Å². The number of carbonyl (C=O) groups is 1. The minimum atomic E-state index is -3.93. The molecule has 0 spiro atoms. The maximum absolute atomic E-state index is 13.4. The largest absolute Gasteiger partial charge is 0.356 e. The molecule has 1 aliphatic rings. The Morgan fingerprint density at radius 2 is 2.05 bits per heavy atom. The lowest BCUT2D eigenvalue weighted by Crippen LogP contribution is -2.48. The molecule has 0 aromatic heterocycles. The van der Waals surface area contributed by atoms with E-state index in [0.29, 0.717) is 12.5 Å². The van der Waals surface area contributed by atoms with Gasteiger partial charge in [0.15, 0.2) is 0 Å². The van der Waals surface area contributed by atoms with Gasteiger partial charge >= 0.3 is 0 Å². The van der Waals surface area contributed by atoms with Crippen LogP contribution < -0.4 is 15.4 Å². The summed E-state index contributed by atoms with van der Waals surface area (Å²) in [6, 6.07) is 5.11. The molecule has 1 amide bonds. The summed E-state index contributed by atoms with van der Waals surface area (Å²) >= 11 is 0. The third-order valence-corrected chi connectivity index (χ3v) is 4.72. The van der Waals surface area contributed by atoms with Crippen LogP contribution in [0.3, 0.4) is 0 Å². The Balaban J connectivity index is 1.76. The second-order valence-corrected chi connectivity index (χ2v) is 6.64. The van der Waals surface area contributed by atoms with Crippen LogP contribution in [-0.2, 0) is 14.8 Å². The van der Waals surface area contributed by atoms with Crippen molar-refractivity contribution in [1.29, 1.82) is 0 Å². The minimum Gasteiger partial charge on any atom is -0.356 e. The molecule has 0 saturated carbocycles. The molecule has 6 nitrogen and oxygen atoms in total. The van der Waals surface area contributed by atoms with Crippen LogP contribution in [-0.4, -0.2) is 40.5 Å². The fourth-order valence-electron chi connectivity index (χ4n) is 1.88. The fourth-order valence-corrected chi connectivity index (χ4v) is 2.99. The van der Waals surface area contributed by atoms with Gasteiger partial charge in [-0.05, 0) is 12.1 Å². The van der Waals surface area contributed by atoms with Crippen molar-refractivity contribution in [3.8, 4) is 0 Å². The molecule has 0 unspecified atom stereocenters. The topological polar surface area (TPSA) is 87.3 Å². The first kappa shape index (κ1) is 15.9. The van der Waals surface area contributed by atoms with Crippen molar-refractivity contribution in [2.45, 2.75) is 11.3 Å². The van der Waals surface area contributed by atoms with Crippen molar-refractivity contribution in [2.24, 2.45) is 5.92 Å². The zero-order valence-electron chi connectivity index (χ0n) is 11.4. The van der Waals surface area contributed by atoms with Crippen molar-refractivity contribution in [2.75, 3.05) is 26.2 Å². The van der Waals surface area contributed by atoms with Crippen molar-refractivity contribution in [1.82, 2.24) is 15.4 Å². The van der Waals surface area contributed by atoms with E-state index in [2.05, 4.69) is 15.4 Å². The van der Waals surface area contributed by atoms with Crippen molar-refractivity contribution < 1.29 is 17.6 Å². The van der Waals surface area contributed by atoms with Gasteiger partial charge in [0.1, 0.15) is 10.7 Å². The van der Waals surface area contributed by atoms with Gasteiger partial charge in [-0.25, -0.2) is 17.5 Å². The molecular weight excluding hydrogens is 297 g/mol. The Hall–Kier alpha value is -1.51. The molecule has 1 saturated heterocycles. The molecule has 1 heterocycles. The standard InChI is InChI=1S/C13H18FN3O3S/c14-11-3-1-2-4-12(11)21(19,20)17-6-5-13(18)16-9-10-7-15-8-10/h1-4,10,15,17H,5-9H2,(H,16,18). The minimum absolute atomic E-state index is 0.0217. The van der Waals surface area contributed by atoms with Crippen LogP contribution >= 0.6 is 0 Å². The molecule has 0 aliphatic carbocycles. The first-order chi connectivity index (χ1) is 9.99. The van der Waals surface area contributed by atoms with E-state index in [0.717, 1.165) is 19.2 Å². The molecule has 0 bridgehead atoms.